The summed E-state index contributed by atoms with van der Waals surface area (Å²) in [4.78, 5) is 14.5. The van der Waals surface area contributed by atoms with Crippen LogP contribution in [0.2, 0.25) is 0 Å². The van der Waals surface area contributed by atoms with Crippen LogP contribution in [0.15, 0.2) is 24.3 Å². The SMILES string of the molecule is Cc1[nH]c2ccccc2c1NC(=O)CC#N. The van der Waals surface area contributed by atoms with E-state index in [-0.39, 0.29) is 12.3 Å². The molecule has 0 aliphatic carbocycles. The molecule has 0 saturated heterocycles. The van der Waals surface area contributed by atoms with E-state index >= 15 is 0 Å². The summed E-state index contributed by atoms with van der Waals surface area (Å²) in [6, 6.07) is 9.55. The molecule has 2 aromatic rings. The Morgan fingerprint density at radius 3 is 3.00 bits per heavy atom. The molecule has 2 N–H and O–H groups in total. The first-order chi connectivity index (χ1) is 7.72. The molecule has 0 unspecified atom stereocenters. The van der Waals surface area contributed by atoms with E-state index in [0.29, 0.717) is 0 Å². The molecule has 0 spiro atoms. The van der Waals surface area contributed by atoms with E-state index in [1.54, 1.807) is 0 Å². The van der Waals surface area contributed by atoms with Gasteiger partial charge in [-0.2, -0.15) is 5.26 Å². The smallest absolute Gasteiger partial charge is 0.238 e. The second-order valence-corrected chi connectivity index (χ2v) is 3.55. The first-order valence-electron chi connectivity index (χ1n) is 4.96. The lowest BCUT2D eigenvalue weighted by Gasteiger charge is -2.02. The number of carbonyl (C=O) groups is 1. The number of para-hydroxylation sites is 1. The summed E-state index contributed by atoms with van der Waals surface area (Å²) >= 11 is 0. The Kier molecular flexibility index (Phi) is 2.61. The number of nitrogens with zero attached hydrogens (tertiary/aromatic N) is 1. The summed E-state index contributed by atoms with van der Waals surface area (Å²) in [7, 11) is 0. The van der Waals surface area contributed by atoms with Crippen LogP contribution >= 0.6 is 0 Å². The summed E-state index contributed by atoms with van der Waals surface area (Å²) in [5.74, 6) is -0.282. The molecule has 0 bridgehead atoms. The molecule has 1 aromatic heterocycles. The van der Waals surface area contributed by atoms with Crippen molar-refractivity contribution in [3.8, 4) is 6.07 Å². The molecule has 0 atom stereocenters. The average molecular weight is 213 g/mol. The van der Waals surface area contributed by atoms with Gasteiger partial charge in [0, 0.05) is 16.6 Å². The van der Waals surface area contributed by atoms with Gasteiger partial charge in [-0.15, -0.1) is 0 Å². The molecule has 0 radical (unpaired) electrons. The van der Waals surface area contributed by atoms with Gasteiger partial charge < -0.3 is 10.3 Å². The van der Waals surface area contributed by atoms with Crippen LogP contribution in [0.25, 0.3) is 10.9 Å². The number of aromatic amines is 1. The van der Waals surface area contributed by atoms with Crippen molar-refractivity contribution >= 4 is 22.5 Å². The van der Waals surface area contributed by atoms with E-state index in [1.807, 2.05) is 37.3 Å². The van der Waals surface area contributed by atoms with Crippen molar-refractivity contribution < 1.29 is 4.79 Å². The first kappa shape index (κ1) is 10.2. The predicted octanol–water partition coefficient (Wildman–Crippen LogP) is 2.33. The van der Waals surface area contributed by atoms with Gasteiger partial charge >= 0.3 is 0 Å². The fourth-order valence-electron chi connectivity index (χ4n) is 1.69. The Morgan fingerprint density at radius 2 is 2.25 bits per heavy atom. The highest BCUT2D eigenvalue weighted by molar-refractivity contribution is 6.03. The standard InChI is InChI=1S/C12H11N3O/c1-8-12(15-11(16)6-7-13)9-4-2-3-5-10(9)14-8/h2-5,14H,6H2,1H3,(H,15,16). The van der Waals surface area contributed by atoms with Crippen molar-refractivity contribution in [2.45, 2.75) is 13.3 Å². The predicted molar refractivity (Wildman–Crippen MR) is 61.9 cm³/mol. The second kappa shape index (κ2) is 4.07. The van der Waals surface area contributed by atoms with Crippen molar-refractivity contribution in [1.29, 1.82) is 5.26 Å². The number of carbonyl (C=O) groups excluding carboxylic acids is 1. The maximum absolute atomic E-state index is 11.4. The lowest BCUT2D eigenvalue weighted by molar-refractivity contribution is -0.115. The highest BCUT2D eigenvalue weighted by Gasteiger charge is 2.10. The Morgan fingerprint density at radius 1 is 1.50 bits per heavy atom. The van der Waals surface area contributed by atoms with Crippen LogP contribution < -0.4 is 5.32 Å². The number of fused-ring (bicyclic) bond motifs is 1. The number of nitrogens with one attached hydrogen (secondary N) is 2. The molecular formula is C12H11N3O. The second-order valence-electron chi connectivity index (χ2n) is 3.55. The minimum Gasteiger partial charge on any atom is -0.357 e. The van der Waals surface area contributed by atoms with E-state index in [1.165, 1.54) is 0 Å². The van der Waals surface area contributed by atoms with Crippen LogP contribution in [-0.4, -0.2) is 10.9 Å². The van der Waals surface area contributed by atoms with Gasteiger partial charge in [0.15, 0.2) is 0 Å². The maximum atomic E-state index is 11.4. The highest BCUT2D eigenvalue weighted by atomic mass is 16.1. The summed E-state index contributed by atoms with van der Waals surface area (Å²) in [5.41, 5.74) is 2.63. The molecule has 1 heterocycles. The maximum Gasteiger partial charge on any atom is 0.238 e. The van der Waals surface area contributed by atoms with Crippen LogP contribution in [0.3, 0.4) is 0 Å². The van der Waals surface area contributed by atoms with Crippen molar-refractivity contribution in [3.05, 3.63) is 30.0 Å². The van der Waals surface area contributed by atoms with Gasteiger partial charge in [0.1, 0.15) is 6.42 Å². The van der Waals surface area contributed by atoms with E-state index in [2.05, 4.69) is 10.3 Å². The molecule has 16 heavy (non-hydrogen) atoms. The molecule has 2 rings (SSSR count). The molecule has 0 fully saturated rings. The van der Waals surface area contributed by atoms with Gasteiger partial charge in [0.2, 0.25) is 5.91 Å². The number of H-pyrrole nitrogens is 1. The van der Waals surface area contributed by atoms with E-state index in [9.17, 15) is 4.79 Å². The van der Waals surface area contributed by atoms with Gasteiger partial charge in [-0.25, -0.2) is 0 Å². The number of rotatable bonds is 2. The third-order valence-corrected chi connectivity index (χ3v) is 2.40. The summed E-state index contributed by atoms with van der Waals surface area (Å²) in [6.07, 6.45) is -0.126. The lowest BCUT2D eigenvalue weighted by atomic mass is 10.2. The van der Waals surface area contributed by atoms with Crippen LogP contribution in [-0.2, 0) is 4.79 Å². The molecular weight excluding hydrogens is 202 g/mol. The highest BCUT2D eigenvalue weighted by Crippen LogP contribution is 2.26. The number of benzene rings is 1. The van der Waals surface area contributed by atoms with Crippen molar-refractivity contribution in [2.75, 3.05) is 5.32 Å². The number of amides is 1. The largest absolute Gasteiger partial charge is 0.357 e. The Bertz CT molecular complexity index is 577. The average Bonchev–Trinajstić information content (AvgIpc) is 2.56. The number of hydrogen-bond donors (Lipinski definition) is 2. The van der Waals surface area contributed by atoms with Crippen LogP contribution in [0.4, 0.5) is 5.69 Å². The first-order valence-corrected chi connectivity index (χ1v) is 4.96. The fraction of sp³-hybridized carbons (Fsp3) is 0.167. The third-order valence-electron chi connectivity index (χ3n) is 2.40. The minimum atomic E-state index is -0.282. The molecule has 0 saturated carbocycles. The summed E-state index contributed by atoms with van der Waals surface area (Å²) in [5, 5.41) is 12.1. The minimum absolute atomic E-state index is 0.126. The van der Waals surface area contributed by atoms with Gasteiger partial charge in [-0.05, 0) is 13.0 Å². The van der Waals surface area contributed by atoms with Crippen molar-refractivity contribution in [2.24, 2.45) is 0 Å². The zero-order valence-electron chi connectivity index (χ0n) is 8.87. The lowest BCUT2D eigenvalue weighted by Crippen LogP contribution is -2.10. The molecule has 4 nitrogen and oxygen atoms in total. The molecule has 4 heteroatoms. The topological polar surface area (TPSA) is 68.7 Å². The summed E-state index contributed by atoms with van der Waals surface area (Å²) < 4.78 is 0. The van der Waals surface area contributed by atoms with Crippen molar-refractivity contribution in [1.82, 2.24) is 4.98 Å². The summed E-state index contributed by atoms with van der Waals surface area (Å²) in [6.45, 7) is 1.89. The van der Waals surface area contributed by atoms with E-state index in [0.717, 1.165) is 22.3 Å². The van der Waals surface area contributed by atoms with Crippen molar-refractivity contribution in [3.63, 3.8) is 0 Å². The fourth-order valence-corrected chi connectivity index (χ4v) is 1.69. The van der Waals surface area contributed by atoms with Crippen LogP contribution in [0.1, 0.15) is 12.1 Å². The van der Waals surface area contributed by atoms with Gasteiger partial charge in [-0.1, -0.05) is 18.2 Å². The molecule has 0 aliphatic rings. The molecule has 1 aromatic carbocycles. The van der Waals surface area contributed by atoms with Gasteiger partial charge in [-0.3, -0.25) is 4.79 Å². The number of anilines is 1. The number of hydrogen-bond acceptors (Lipinski definition) is 2. The third kappa shape index (κ3) is 1.75. The number of aromatic nitrogens is 1. The Balaban J connectivity index is 2.40. The number of nitriles is 1. The van der Waals surface area contributed by atoms with Crippen LogP contribution in [0.5, 0.6) is 0 Å². The van der Waals surface area contributed by atoms with Crippen LogP contribution in [0, 0.1) is 18.3 Å². The zero-order chi connectivity index (χ0) is 11.5. The molecule has 1 amide bonds. The van der Waals surface area contributed by atoms with E-state index in [4.69, 9.17) is 5.26 Å². The normalized spacial score (nSPS) is 10.0. The zero-order valence-corrected chi connectivity index (χ0v) is 8.87. The molecule has 0 aliphatic heterocycles. The number of aryl methyl sites for hydroxylation is 1. The Labute approximate surface area is 92.9 Å². The molecule has 80 valence electrons. The Hall–Kier alpha value is -2.28. The van der Waals surface area contributed by atoms with E-state index < -0.39 is 0 Å². The van der Waals surface area contributed by atoms with Gasteiger partial charge in [0.05, 0.1) is 11.8 Å². The monoisotopic (exact) mass is 213 g/mol. The van der Waals surface area contributed by atoms with Gasteiger partial charge in [0.25, 0.3) is 0 Å². The quantitative estimate of drug-likeness (QED) is 0.803.